The van der Waals surface area contributed by atoms with E-state index in [9.17, 15) is 24.5 Å². The van der Waals surface area contributed by atoms with Gasteiger partial charge in [0.2, 0.25) is 0 Å². The van der Waals surface area contributed by atoms with Crippen LogP contribution in [0.25, 0.3) is 16.8 Å². The Balaban J connectivity index is 1.38. The summed E-state index contributed by atoms with van der Waals surface area (Å²) >= 11 is 0.858. The lowest BCUT2D eigenvalue weighted by atomic mass is 10.0. The zero-order valence-corrected chi connectivity index (χ0v) is 25.0. The molecule has 0 saturated carbocycles. The van der Waals surface area contributed by atoms with Crippen molar-refractivity contribution in [1.82, 2.24) is 4.90 Å². The third-order valence-electron chi connectivity index (χ3n) is 7.19. The highest BCUT2D eigenvalue weighted by Crippen LogP contribution is 2.36. The number of non-ortho nitro benzene ring substituents is 1. The van der Waals surface area contributed by atoms with Crippen molar-refractivity contribution in [3.05, 3.63) is 111 Å². The van der Waals surface area contributed by atoms with Gasteiger partial charge in [-0.3, -0.25) is 29.4 Å². The fourth-order valence-electron chi connectivity index (χ4n) is 4.97. The number of ether oxygens (including phenoxy) is 1. The van der Waals surface area contributed by atoms with Gasteiger partial charge in [-0.2, -0.15) is 0 Å². The van der Waals surface area contributed by atoms with Crippen molar-refractivity contribution in [2.24, 2.45) is 0 Å². The second-order valence-electron chi connectivity index (χ2n) is 9.94. The predicted octanol–water partition coefficient (Wildman–Crippen LogP) is 6.85. The van der Waals surface area contributed by atoms with E-state index < -0.39 is 16.7 Å². The van der Waals surface area contributed by atoms with Crippen LogP contribution in [0.3, 0.4) is 0 Å². The molecule has 1 N–H and O–H groups in total. The zero-order chi connectivity index (χ0) is 31.2. The van der Waals surface area contributed by atoms with E-state index in [0.29, 0.717) is 11.3 Å². The molecule has 4 aromatic carbocycles. The maximum Gasteiger partial charge on any atom is 0.293 e. The van der Waals surface area contributed by atoms with Crippen molar-refractivity contribution in [1.29, 1.82) is 0 Å². The Labute approximate surface area is 258 Å². The first kappa shape index (κ1) is 30.3. The molecule has 1 saturated heterocycles. The number of nitrogens with zero attached hydrogens (tertiary/aromatic N) is 3. The molecule has 0 aliphatic carbocycles. The van der Waals surface area contributed by atoms with Crippen LogP contribution in [-0.2, 0) is 16.1 Å². The van der Waals surface area contributed by atoms with E-state index in [1.54, 1.807) is 24.3 Å². The van der Waals surface area contributed by atoms with Gasteiger partial charge < -0.3 is 15.0 Å². The third kappa shape index (κ3) is 6.73. The molecule has 224 valence electrons. The summed E-state index contributed by atoms with van der Waals surface area (Å²) in [5, 5.41) is 15.3. The van der Waals surface area contributed by atoms with Gasteiger partial charge in [-0.1, -0.05) is 48.5 Å². The molecule has 0 spiro atoms. The molecule has 0 radical (unpaired) electrons. The van der Waals surface area contributed by atoms with E-state index >= 15 is 0 Å². The number of nitrogens with one attached hydrogen (secondary N) is 1. The van der Waals surface area contributed by atoms with E-state index in [4.69, 9.17) is 4.74 Å². The highest BCUT2D eigenvalue weighted by Gasteiger charge is 2.35. The Hall–Kier alpha value is -5.16. The molecule has 1 aliphatic rings. The molecule has 0 unspecified atom stereocenters. The van der Waals surface area contributed by atoms with Crippen molar-refractivity contribution in [2.75, 3.05) is 29.9 Å². The highest BCUT2D eigenvalue weighted by atomic mass is 32.2. The van der Waals surface area contributed by atoms with Crippen LogP contribution in [0, 0.1) is 10.1 Å². The fraction of sp³-hybridized carbons (Fsp3) is 0.182. The van der Waals surface area contributed by atoms with Gasteiger partial charge in [-0.25, -0.2) is 0 Å². The van der Waals surface area contributed by atoms with Gasteiger partial charge in [-0.15, -0.1) is 0 Å². The predicted molar refractivity (Wildman–Crippen MR) is 173 cm³/mol. The number of nitro groups is 1. The summed E-state index contributed by atoms with van der Waals surface area (Å²) < 4.78 is 5.94. The summed E-state index contributed by atoms with van der Waals surface area (Å²) in [6, 6.07) is 24.7. The number of thioether (sulfide) groups is 1. The number of benzene rings is 4. The van der Waals surface area contributed by atoms with E-state index in [1.165, 1.54) is 23.1 Å². The molecule has 10 nitrogen and oxygen atoms in total. The number of carbonyl (C=O) groups excluding carboxylic acids is 3. The first-order chi connectivity index (χ1) is 21.3. The second kappa shape index (κ2) is 13.4. The van der Waals surface area contributed by atoms with E-state index in [1.807, 2.05) is 62.4 Å². The topological polar surface area (TPSA) is 122 Å². The van der Waals surface area contributed by atoms with Crippen molar-refractivity contribution in [2.45, 2.75) is 20.4 Å². The van der Waals surface area contributed by atoms with Gasteiger partial charge in [0, 0.05) is 48.2 Å². The van der Waals surface area contributed by atoms with Crippen LogP contribution in [0.2, 0.25) is 0 Å². The quantitative estimate of drug-likeness (QED) is 0.111. The van der Waals surface area contributed by atoms with E-state index in [2.05, 4.69) is 10.2 Å². The standard InChI is InChI=1S/C33H30N4O6S/c1-3-35(4-2)26-16-15-23(29(19-26)43-21-31(38)34-25-12-8-13-27(18-25)37(41)42)17-30-32(39)36(33(40)44-30)20-24-11-7-10-22-9-5-6-14-28(22)24/h5-19H,3-4,20-21H2,1-2H3,(H,34,38)/b30-17+. The van der Waals surface area contributed by atoms with Gasteiger partial charge in [-0.05, 0) is 66.2 Å². The molecule has 0 atom stereocenters. The van der Waals surface area contributed by atoms with Gasteiger partial charge in [0.15, 0.2) is 6.61 Å². The number of nitro benzene ring substituents is 1. The molecule has 11 heteroatoms. The smallest absolute Gasteiger partial charge is 0.293 e. The molecule has 1 heterocycles. The Morgan fingerprint density at radius 3 is 2.52 bits per heavy atom. The summed E-state index contributed by atoms with van der Waals surface area (Å²) in [4.78, 5) is 53.3. The summed E-state index contributed by atoms with van der Waals surface area (Å²) in [5.74, 6) is -0.570. The molecule has 44 heavy (non-hydrogen) atoms. The van der Waals surface area contributed by atoms with Gasteiger partial charge in [0.25, 0.3) is 22.7 Å². The molecule has 0 aromatic heterocycles. The summed E-state index contributed by atoms with van der Waals surface area (Å²) in [6.07, 6.45) is 1.60. The SMILES string of the molecule is CCN(CC)c1ccc(/C=C2/SC(=O)N(Cc3cccc4ccccc34)C2=O)c(OCC(=O)Nc2cccc([N+](=O)[O-])c2)c1. The number of hydrogen-bond acceptors (Lipinski definition) is 8. The maximum absolute atomic E-state index is 13.4. The van der Waals surface area contributed by atoms with Crippen molar-refractivity contribution in [3.8, 4) is 5.75 Å². The Kier molecular flexibility index (Phi) is 9.25. The lowest BCUT2D eigenvalue weighted by Crippen LogP contribution is -2.27. The van der Waals surface area contributed by atoms with Crippen LogP contribution in [0.1, 0.15) is 25.0 Å². The molecule has 1 aliphatic heterocycles. The molecule has 5 rings (SSSR count). The van der Waals surface area contributed by atoms with Crippen LogP contribution >= 0.6 is 11.8 Å². The number of anilines is 2. The average Bonchev–Trinajstić information content (AvgIpc) is 3.29. The van der Waals surface area contributed by atoms with Crippen LogP contribution < -0.4 is 15.0 Å². The molecule has 4 aromatic rings. The first-order valence-corrected chi connectivity index (χ1v) is 14.9. The van der Waals surface area contributed by atoms with Crippen LogP contribution in [0.4, 0.5) is 21.9 Å². The Morgan fingerprint density at radius 2 is 1.75 bits per heavy atom. The second-order valence-corrected chi connectivity index (χ2v) is 10.9. The Bertz CT molecular complexity index is 1780. The number of carbonyl (C=O) groups is 3. The van der Waals surface area contributed by atoms with Gasteiger partial charge in [0.1, 0.15) is 5.75 Å². The summed E-state index contributed by atoms with van der Waals surface area (Å²) in [7, 11) is 0. The van der Waals surface area contributed by atoms with Crippen LogP contribution in [0.5, 0.6) is 5.75 Å². The van der Waals surface area contributed by atoms with E-state index in [0.717, 1.165) is 46.9 Å². The monoisotopic (exact) mass is 610 g/mol. The van der Waals surface area contributed by atoms with Gasteiger partial charge in [0.05, 0.1) is 16.4 Å². The number of imide groups is 1. The molecule has 3 amide bonds. The van der Waals surface area contributed by atoms with Crippen molar-refractivity contribution < 1.29 is 24.0 Å². The largest absolute Gasteiger partial charge is 0.483 e. The van der Waals surface area contributed by atoms with Crippen LogP contribution in [0.15, 0.2) is 89.8 Å². The minimum atomic E-state index is -0.541. The maximum atomic E-state index is 13.4. The summed E-state index contributed by atoms with van der Waals surface area (Å²) in [6.45, 7) is 5.30. The van der Waals surface area contributed by atoms with Crippen molar-refractivity contribution in [3.63, 3.8) is 0 Å². The number of amides is 3. The number of hydrogen-bond donors (Lipinski definition) is 1. The average molecular weight is 611 g/mol. The summed E-state index contributed by atoms with van der Waals surface area (Å²) in [5.41, 5.74) is 2.39. The zero-order valence-electron chi connectivity index (χ0n) is 24.2. The third-order valence-corrected chi connectivity index (χ3v) is 8.10. The highest BCUT2D eigenvalue weighted by molar-refractivity contribution is 8.18. The lowest BCUT2D eigenvalue weighted by Gasteiger charge is -2.22. The Morgan fingerprint density at radius 1 is 1.00 bits per heavy atom. The van der Waals surface area contributed by atoms with Crippen molar-refractivity contribution >= 4 is 62.7 Å². The number of rotatable bonds is 11. The lowest BCUT2D eigenvalue weighted by molar-refractivity contribution is -0.384. The normalized spacial score (nSPS) is 13.9. The molecular formula is C33H30N4O6S. The van der Waals surface area contributed by atoms with E-state index in [-0.39, 0.29) is 34.7 Å². The molecule has 0 bridgehead atoms. The fourth-order valence-corrected chi connectivity index (χ4v) is 5.80. The number of fused-ring (bicyclic) bond motifs is 1. The minimum Gasteiger partial charge on any atom is -0.483 e. The minimum absolute atomic E-state index is 0.144. The van der Waals surface area contributed by atoms with Crippen LogP contribution in [-0.4, -0.2) is 46.6 Å². The molecular weight excluding hydrogens is 580 g/mol. The van der Waals surface area contributed by atoms with Gasteiger partial charge >= 0.3 is 0 Å². The molecule has 1 fully saturated rings. The first-order valence-electron chi connectivity index (χ1n) is 14.1.